The Morgan fingerprint density at radius 2 is 1.52 bits per heavy atom. The van der Waals surface area contributed by atoms with Crippen molar-refractivity contribution in [3.05, 3.63) is 93.2 Å². The van der Waals surface area contributed by atoms with Crippen LogP contribution in [0.2, 0.25) is 5.02 Å². The highest BCUT2D eigenvalue weighted by Gasteiger charge is 2.19. The lowest BCUT2D eigenvalue weighted by Crippen LogP contribution is -2.12. The van der Waals surface area contributed by atoms with Gasteiger partial charge < -0.3 is 5.32 Å². The quantitative estimate of drug-likeness (QED) is 0.471. The van der Waals surface area contributed by atoms with Crippen LogP contribution in [0.5, 0.6) is 0 Å². The Bertz CT molecular complexity index is 1200. The van der Waals surface area contributed by atoms with Gasteiger partial charge in [-0.1, -0.05) is 11.6 Å². The summed E-state index contributed by atoms with van der Waals surface area (Å²) in [6.07, 6.45) is 0. The van der Waals surface area contributed by atoms with E-state index in [2.05, 4.69) is 5.32 Å². The largest absolute Gasteiger partial charge is 0.322 e. The molecule has 0 aromatic heterocycles. The molecule has 0 unspecified atom stereocenters. The molecule has 0 atom stereocenters. The van der Waals surface area contributed by atoms with Gasteiger partial charge in [-0.25, -0.2) is 12.8 Å². The molecule has 0 aliphatic heterocycles. The van der Waals surface area contributed by atoms with Crippen molar-refractivity contribution in [2.75, 3.05) is 5.32 Å². The van der Waals surface area contributed by atoms with Gasteiger partial charge in [0.25, 0.3) is 11.6 Å². The van der Waals surface area contributed by atoms with Crippen LogP contribution < -0.4 is 5.32 Å². The number of nitro groups is 1. The number of carbonyl (C=O) groups is 1. The van der Waals surface area contributed by atoms with Gasteiger partial charge in [-0.05, 0) is 54.6 Å². The lowest BCUT2D eigenvalue weighted by Gasteiger charge is -2.09. The minimum absolute atomic E-state index is 0.0517. The molecule has 0 saturated carbocycles. The molecule has 1 amide bonds. The van der Waals surface area contributed by atoms with Crippen LogP contribution in [0.25, 0.3) is 0 Å². The van der Waals surface area contributed by atoms with Crippen LogP contribution in [0.1, 0.15) is 10.4 Å². The highest BCUT2D eigenvalue weighted by molar-refractivity contribution is 7.91. The Morgan fingerprint density at radius 1 is 0.966 bits per heavy atom. The van der Waals surface area contributed by atoms with Crippen molar-refractivity contribution in [1.29, 1.82) is 0 Å². The van der Waals surface area contributed by atoms with Gasteiger partial charge in [0.1, 0.15) is 5.82 Å². The van der Waals surface area contributed by atoms with E-state index >= 15 is 0 Å². The molecule has 0 spiro atoms. The maximum Gasteiger partial charge on any atom is 0.269 e. The molecule has 10 heteroatoms. The fraction of sp³-hybridized carbons (Fsp3) is 0. The Hall–Kier alpha value is -3.30. The van der Waals surface area contributed by atoms with Gasteiger partial charge in [0, 0.05) is 17.8 Å². The maximum atomic E-state index is 13.1. The molecule has 0 aliphatic rings. The van der Waals surface area contributed by atoms with Crippen molar-refractivity contribution in [2.24, 2.45) is 0 Å². The fourth-order valence-electron chi connectivity index (χ4n) is 2.47. The fourth-order valence-corrected chi connectivity index (χ4v) is 3.99. The molecule has 0 radical (unpaired) electrons. The molecule has 7 nitrogen and oxygen atoms in total. The SMILES string of the molecule is O=C(Nc1ccc(S(=O)(=O)c2ccc([N+](=O)[O-])cc2)cc1)c1ccc(F)cc1Cl. The van der Waals surface area contributed by atoms with Gasteiger partial charge in [0.05, 0.1) is 25.3 Å². The predicted octanol–water partition coefficient (Wildman–Crippen LogP) is 4.47. The number of amides is 1. The number of benzene rings is 3. The molecule has 148 valence electrons. The van der Waals surface area contributed by atoms with E-state index < -0.39 is 26.5 Å². The van der Waals surface area contributed by atoms with Crippen LogP contribution in [-0.2, 0) is 9.84 Å². The molecule has 3 rings (SSSR count). The molecule has 0 fully saturated rings. The molecule has 0 heterocycles. The number of halogens is 2. The number of nitro benzene ring substituents is 1. The third-order valence-electron chi connectivity index (χ3n) is 3.96. The van der Waals surface area contributed by atoms with Gasteiger partial charge >= 0.3 is 0 Å². The Morgan fingerprint density at radius 3 is 2.03 bits per heavy atom. The number of hydrogen-bond donors (Lipinski definition) is 1. The summed E-state index contributed by atoms with van der Waals surface area (Å²) in [5.74, 6) is -1.16. The summed E-state index contributed by atoms with van der Waals surface area (Å²) in [4.78, 5) is 22.2. The first-order chi connectivity index (χ1) is 13.7. The number of rotatable bonds is 5. The molecule has 3 aromatic rings. The van der Waals surface area contributed by atoms with Crippen LogP contribution in [0.3, 0.4) is 0 Å². The summed E-state index contributed by atoms with van der Waals surface area (Å²) in [5.41, 5.74) is 0.148. The topological polar surface area (TPSA) is 106 Å². The van der Waals surface area contributed by atoms with Gasteiger partial charge in [-0.2, -0.15) is 0 Å². The molecular weight excluding hydrogens is 423 g/mol. The van der Waals surface area contributed by atoms with Gasteiger partial charge in [0.2, 0.25) is 9.84 Å². The Kier molecular flexibility index (Phi) is 5.62. The normalized spacial score (nSPS) is 11.1. The predicted molar refractivity (Wildman–Crippen MR) is 104 cm³/mol. The average molecular weight is 435 g/mol. The number of anilines is 1. The lowest BCUT2D eigenvalue weighted by molar-refractivity contribution is -0.384. The van der Waals surface area contributed by atoms with E-state index in [4.69, 9.17) is 11.6 Å². The highest BCUT2D eigenvalue weighted by Crippen LogP contribution is 2.25. The zero-order chi connectivity index (χ0) is 21.2. The van der Waals surface area contributed by atoms with Crippen molar-refractivity contribution < 1.29 is 22.5 Å². The van der Waals surface area contributed by atoms with E-state index in [0.717, 1.165) is 36.4 Å². The second-order valence-electron chi connectivity index (χ2n) is 5.86. The van der Waals surface area contributed by atoms with Crippen molar-refractivity contribution in [2.45, 2.75) is 9.79 Å². The number of hydrogen-bond acceptors (Lipinski definition) is 5. The van der Waals surface area contributed by atoms with E-state index in [-0.39, 0.29) is 26.1 Å². The zero-order valence-electron chi connectivity index (χ0n) is 14.5. The monoisotopic (exact) mass is 434 g/mol. The highest BCUT2D eigenvalue weighted by atomic mass is 35.5. The molecular formula is C19H12ClFN2O5S. The van der Waals surface area contributed by atoms with E-state index in [0.29, 0.717) is 5.69 Å². The summed E-state index contributed by atoms with van der Waals surface area (Å²) in [7, 11) is -3.89. The van der Waals surface area contributed by atoms with E-state index in [1.54, 1.807) is 0 Å². The van der Waals surface area contributed by atoms with E-state index in [9.17, 15) is 27.7 Å². The third kappa shape index (κ3) is 4.41. The van der Waals surface area contributed by atoms with Gasteiger partial charge in [0.15, 0.2) is 0 Å². The molecule has 0 saturated heterocycles. The van der Waals surface area contributed by atoms with Crippen LogP contribution in [0.15, 0.2) is 76.5 Å². The first-order valence-electron chi connectivity index (χ1n) is 8.04. The number of nitrogens with zero attached hydrogens (tertiary/aromatic N) is 1. The molecule has 0 aliphatic carbocycles. The van der Waals surface area contributed by atoms with Crippen molar-refractivity contribution in [3.63, 3.8) is 0 Å². The standard InChI is InChI=1S/C19H12ClFN2O5S/c20-18-11-12(21)1-10-17(18)19(24)22-13-2-6-15(7-3-13)29(27,28)16-8-4-14(5-9-16)23(25)26/h1-11H,(H,22,24). The van der Waals surface area contributed by atoms with Crippen LogP contribution in [0.4, 0.5) is 15.8 Å². The first-order valence-corrected chi connectivity index (χ1v) is 9.90. The molecule has 0 bridgehead atoms. The van der Waals surface area contributed by atoms with Crippen LogP contribution in [0, 0.1) is 15.9 Å². The summed E-state index contributed by atoms with van der Waals surface area (Å²) in [6.45, 7) is 0. The van der Waals surface area contributed by atoms with Crippen LogP contribution in [-0.4, -0.2) is 19.2 Å². The number of carbonyl (C=O) groups excluding carboxylic acids is 1. The van der Waals surface area contributed by atoms with Crippen molar-refractivity contribution in [1.82, 2.24) is 0 Å². The third-order valence-corrected chi connectivity index (χ3v) is 6.05. The van der Waals surface area contributed by atoms with Gasteiger partial charge in [-0.15, -0.1) is 0 Å². The Labute approximate surface area is 169 Å². The summed E-state index contributed by atoms with van der Waals surface area (Å²) < 4.78 is 38.4. The maximum absolute atomic E-state index is 13.1. The summed E-state index contributed by atoms with van der Waals surface area (Å²) >= 11 is 5.85. The molecule has 29 heavy (non-hydrogen) atoms. The molecule has 1 N–H and O–H groups in total. The minimum Gasteiger partial charge on any atom is -0.322 e. The van der Waals surface area contributed by atoms with Crippen molar-refractivity contribution >= 4 is 38.7 Å². The first kappa shape index (κ1) is 20.4. The van der Waals surface area contributed by atoms with E-state index in [1.165, 1.54) is 30.3 Å². The average Bonchev–Trinajstić information content (AvgIpc) is 2.68. The number of sulfone groups is 1. The second kappa shape index (κ2) is 7.98. The lowest BCUT2D eigenvalue weighted by atomic mass is 10.2. The van der Waals surface area contributed by atoms with Crippen molar-refractivity contribution in [3.8, 4) is 0 Å². The number of nitrogens with one attached hydrogen (secondary N) is 1. The minimum atomic E-state index is -3.89. The second-order valence-corrected chi connectivity index (χ2v) is 8.21. The smallest absolute Gasteiger partial charge is 0.269 e. The van der Waals surface area contributed by atoms with E-state index in [1.807, 2.05) is 0 Å². The Balaban J connectivity index is 1.80. The zero-order valence-corrected chi connectivity index (χ0v) is 16.1. The summed E-state index contributed by atoms with van der Waals surface area (Å²) in [6, 6.07) is 13.2. The summed E-state index contributed by atoms with van der Waals surface area (Å²) in [5, 5.41) is 13.2. The van der Waals surface area contributed by atoms with Crippen LogP contribution >= 0.6 is 11.6 Å². The van der Waals surface area contributed by atoms with Gasteiger partial charge in [-0.3, -0.25) is 14.9 Å². The molecule has 3 aromatic carbocycles. The number of non-ortho nitro benzene ring substituents is 1.